The highest BCUT2D eigenvalue weighted by atomic mass is 79.9. The molecule has 0 spiro atoms. The third-order valence-electron chi connectivity index (χ3n) is 1.97. The van der Waals surface area contributed by atoms with Crippen molar-refractivity contribution in [3.05, 3.63) is 28.7 Å². The summed E-state index contributed by atoms with van der Waals surface area (Å²) in [7, 11) is 0. The van der Waals surface area contributed by atoms with Crippen molar-refractivity contribution in [3.8, 4) is 11.4 Å². The summed E-state index contributed by atoms with van der Waals surface area (Å²) in [4.78, 5) is 1.61. The van der Waals surface area contributed by atoms with Crippen molar-refractivity contribution in [2.45, 2.75) is 19.9 Å². The highest BCUT2D eigenvalue weighted by Crippen LogP contribution is 2.19. The van der Waals surface area contributed by atoms with E-state index in [4.69, 9.17) is 0 Å². The van der Waals surface area contributed by atoms with Gasteiger partial charge in [-0.15, -0.1) is 10.2 Å². The second kappa shape index (κ2) is 4.10. The molecular formula is C10H11BrN4. The van der Waals surface area contributed by atoms with Gasteiger partial charge in [-0.05, 0) is 31.2 Å². The molecule has 0 radical (unpaired) electrons. The van der Waals surface area contributed by atoms with Crippen molar-refractivity contribution >= 4 is 15.9 Å². The molecule has 0 atom stereocenters. The highest BCUT2D eigenvalue weighted by molar-refractivity contribution is 9.10. The average molecular weight is 267 g/mol. The van der Waals surface area contributed by atoms with E-state index in [0.29, 0.717) is 5.82 Å². The van der Waals surface area contributed by atoms with Gasteiger partial charge in [0.15, 0.2) is 0 Å². The molecular weight excluding hydrogens is 256 g/mol. The Morgan fingerprint density at radius 3 is 2.73 bits per heavy atom. The van der Waals surface area contributed by atoms with Crippen molar-refractivity contribution in [1.29, 1.82) is 0 Å². The number of halogens is 1. The third kappa shape index (κ3) is 2.23. The SMILES string of the molecule is CC(C)n1nnc(-c2cccc(Br)c2)n1. The molecule has 0 unspecified atom stereocenters. The summed E-state index contributed by atoms with van der Waals surface area (Å²) >= 11 is 3.41. The zero-order valence-corrected chi connectivity index (χ0v) is 10.1. The number of hydrogen-bond donors (Lipinski definition) is 0. The molecule has 0 aliphatic heterocycles. The molecule has 0 bridgehead atoms. The standard InChI is InChI=1S/C10H11BrN4/c1-7(2)15-13-10(12-14-15)8-4-3-5-9(11)6-8/h3-7H,1-2H3. The van der Waals surface area contributed by atoms with Crippen LogP contribution in [0.3, 0.4) is 0 Å². The van der Waals surface area contributed by atoms with Crippen molar-refractivity contribution in [2.24, 2.45) is 0 Å². The maximum atomic E-state index is 4.29. The van der Waals surface area contributed by atoms with Gasteiger partial charge in [0.05, 0.1) is 6.04 Å². The van der Waals surface area contributed by atoms with Crippen LogP contribution in [0, 0.1) is 0 Å². The summed E-state index contributed by atoms with van der Waals surface area (Å²) in [6.45, 7) is 4.04. The van der Waals surface area contributed by atoms with Gasteiger partial charge in [-0.3, -0.25) is 0 Å². The van der Waals surface area contributed by atoms with Crippen LogP contribution in [0.25, 0.3) is 11.4 Å². The minimum absolute atomic E-state index is 0.235. The Labute approximate surface area is 96.4 Å². The summed E-state index contributed by atoms with van der Waals surface area (Å²) < 4.78 is 1.01. The van der Waals surface area contributed by atoms with Crippen molar-refractivity contribution < 1.29 is 0 Å². The fraction of sp³-hybridized carbons (Fsp3) is 0.300. The molecule has 2 rings (SSSR count). The maximum absolute atomic E-state index is 4.29. The second-order valence-electron chi connectivity index (χ2n) is 3.54. The van der Waals surface area contributed by atoms with E-state index < -0.39 is 0 Å². The first kappa shape index (κ1) is 10.3. The van der Waals surface area contributed by atoms with Crippen LogP contribution in [0.15, 0.2) is 28.7 Å². The van der Waals surface area contributed by atoms with Crippen LogP contribution >= 0.6 is 15.9 Å². The number of aromatic nitrogens is 4. The van der Waals surface area contributed by atoms with Gasteiger partial charge < -0.3 is 0 Å². The molecule has 0 amide bonds. The van der Waals surface area contributed by atoms with Crippen LogP contribution in [0.5, 0.6) is 0 Å². The largest absolute Gasteiger partial charge is 0.204 e. The van der Waals surface area contributed by atoms with Crippen LogP contribution in [-0.2, 0) is 0 Å². The predicted octanol–water partition coefficient (Wildman–Crippen LogP) is 2.68. The highest BCUT2D eigenvalue weighted by Gasteiger charge is 2.07. The molecule has 78 valence electrons. The lowest BCUT2D eigenvalue weighted by Gasteiger charge is -1.99. The molecule has 0 saturated heterocycles. The Hall–Kier alpha value is -1.23. The Morgan fingerprint density at radius 1 is 1.33 bits per heavy atom. The van der Waals surface area contributed by atoms with E-state index in [1.54, 1.807) is 4.80 Å². The Morgan fingerprint density at radius 2 is 2.13 bits per heavy atom. The first-order chi connectivity index (χ1) is 7.16. The molecule has 0 fully saturated rings. The molecule has 1 aromatic carbocycles. The van der Waals surface area contributed by atoms with E-state index in [-0.39, 0.29) is 6.04 Å². The van der Waals surface area contributed by atoms with E-state index >= 15 is 0 Å². The Balaban J connectivity index is 2.37. The van der Waals surface area contributed by atoms with Gasteiger partial charge >= 0.3 is 0 Å². The van der Waals surface area contributed by atoms with Gasteiger partial charge in [0.2, 0.25) is 5.82 Å². The topological polar surface area (TPSA) is 43.6 Å². The number of benzene rings is 1. The fourth-order valence-corrected chi connectivity index (χ4v) is 1.59. The first-order valence-electron chi connectivity index (χ1n) is 4.72. The second-order valence-corrected chi connectivity index (χ2v) is 4.45. The van der Waals surface area contributed by atoms with Gasteiger partial charge in [0.25, 0.3) is 0 Å². The van der Waals surface area contributed by atoms with E-state index in [2.05, 4.69) is 31.3 Å². The summed E-state index contributed by atoms with van der Waals surface area (Å²) in [5.41, 5.74) is 0.969. The average Bonchev–Trinajstić information content (AvgIpc) is 2.66. The normalized spacial score (nSPS) is 10.9. The maximum Gasteiger partial charge on any atom is 0.204 e. The molecule has 5 heteroatoms. The van der Waals surface area contributed by atoms with E-state index in [1.165, 1.54) is 0 Å². The Kier molecular flexibility index (Phi) is 2.81. The van der Waals surface area contributed by atoms with Gasteiger partial charge in [-0.1, -0.05) is 28.1 Å². The van der Waals surface area contributed by atoms with Gasteiger partial charge in [-0.25, -0.2) is 0 Å². The van der Waals surface area contributed by atoms with Crippen LogP contribution in [0.2, 0.25) is 0 Å². The summed E-state index contributed by atoms with van der Waals surface area (Å²) in [6.07, 6.45) is 0. The lowest BCUT2D eigenvalue weighted by molar-refractivity contribution is 0.455. The molecule has 1 aromatic heterocycles. The number of tetrazole rings is 1. The molecule has 0 saturated carbocycles. The van der Waals surface area contributed by atoms with Crippen LogP contribution in [0.4, 0.5) is 0 Å². The molecule has 2 aromatic rings. The summed E-state index contributed by atoms with van der Waals surface area (Å²) in [6, 6.07) is 8.10. The monoisotopic (exact) mass is 266 g/mol. The first-order valence-corrected chi connectivity index (χ1v) is 5.51. The zero-order chi connectivity index (χ0) is 10.8. The minimum Gasteiger partial charge on any atom is -0.161 e. The summed E-state index contributed by atoms with van der Waals surface area (Å²) in [5, 5.41) is 12.3. The summed E-state index contributed by atoms with van der Waals surface area (Å²) in [5.74, 6) is 0.657. The van der Waals surface area contributed by atoms with Crippen molar-refractivity contribution in [3.63, 3.8) is 0 Å². The smallest absolute Gasteiger partial charge is 0.161 e. The lowest BCUT2D eigenvalue weighted by Crippen LogP contribution is -2.04. The fourth-order valence-electron chi connectivity index (χ4n) is 1.19. The van der Waals surface area contributed by atoms with Crippen LogP contribution < -0.4 is 0 Å². The zero-order valence-electron chi connectivity index (χ0n) is 8.55. The van der Waals surface area contributed by atoms with Crippen molar-refractivity contribution in [1.82, 2.24) is 20.2 Å². The molecule has 0 N–H and O–H groups in total. The lowest BCUT2D eigenvalue weighted by atomic mass is 10.2. The van der Waals surface area contributed by atoms with E-state index in [1.807, 2.05) is 38.1 Å². The van der Waals surface area contributed by atoms with Crippen molar-refractivity contribution in [2.75, 3.05) is 0 Å². The van der Waals surface area contributed by atoms with Gasteiger partial charge in [-0.2, -0.15) is 4.80 Å². The van der Waals surface area contributed by atoms with E-state index in [0.717, 1.165) is 10.0 Å². The third-order valence-corrected chi connectivity index (χ3v) is 2.47. The molecule has 0 aliphatic rings. The van der Waals surface area contributed by atoms with Crippen LogP contribution in [0.1, 0.15) is 19.9 Å². The van der Waals surface area contributed by atoms with Gasteiger partial charge in [0, 0.05) is 10.0 Å². The molecule has 4 nitrogen and oxygen atoms in total. The number of nitrogens with zero attached hydrogens (tertiary/aromatic N) is 4. The molecule has 15 heavy (non-hydrogen) atoms. The van der Waals surface area contributed by atoms with E-state index in [9.17, 15) is 0 Å². The predicted molar refractivity (Wildman–Crippen MR) is 61.3 cm³/mol. The minimum atomic E-state index is 0.235. The molecule has 1 heterocycles. The molecule has 0 aliphatic carbocycles. The number of hydrogen-bond acceptors (Lipinski definition) is 3. The number of rotatable bonds is 2. The Bertz CT molecular complexity index is 464. The van der Waals surface area contributed by atoms with Gasteiger partial charge in [0.1, 0.15) is 0 Å². The van der Waals surface area contributed by atoms with Crippen LogP contribution in [-0.4, -0.2) is 20.2 Å². The quantitative estimate of drug-likeness (QED) is 0.840.